The molecule has 0 spiro atoms. The van der Waals surface area contributed by atoms with E-state index in [-0.39, 0.29) is 23.4 Å². The Bertz CT molecular complexity index is 1620. The smallest absolute Gasteiger partial charge is 0.263 e. The number of aliphatic imine (C=N–C) groups is 1. The topological polar surface area (TPSA) is 118 Å². The van der Waals surface area contributed by atoms with Gasteiger partial charge in [0.15, 0.2) is 0 Å². The molecular weight excluding hydrogens is 492 g/mol. The Morgan fingerprint density at radius 2 is 1.89 bits per heavy atom. The predicted octanol–water partition coefficient (Wildman–Crippen LogP) is 1.24. The third-order valence-corrected chi connectivity index (χ3v) is 8.39. The van der Waals surface area contributed by atoms with E-state index >= 15 is 0 Å². The molecule has 3 aromatic rings. The number of sulfonamides is 1. The third kappa shape index (κ3) is 4.30. The Morgan fingerprint density at radius 3 is 2.57 bits per heavy atom. The molecule has 37 heavy (non-hydrogen) atoms. The minimum Gasteiger partial charge on any atom is -0.295 e. The van der Waals surface area contributed by atoms with Crippen molar-refractivity contribution in [3.05, 3.63) is 59.7 Å². The van der Waals surface area contributed by atoms with E-state index in [0.717, 1.165) is 24.0 Å². The van der Waals surface area contributed by atoms with Crippen molar-refractivity contribution in [3.8, 4) is 11.8 Å². The second-order valence-corrected chi connectivity index (χ2v) is 11.6. The van der Waals surface area contributed by atoms with Crippen molar-refractivity contribution in [3.63, 3.8) is 0 Å². The maximum absolute atomic E-state index is 13.8. The number of anilines is 1. The summed E-state index contributed by atoms with van der Waals surface area (Å²) < 4.78 is 32.3. The lowest BCUT2D eigenvalue weighted by Crippen LogP contribution is -2.52. The van der Waals surface area contributed by atoms with Gasteiger partial charge in [0, 0.05) is 37.6 Å². The first-order valence-electron chi connectivity index (χ1n) is 11.9. The van der Waals surface area contributed by atoms with Crippen molar-refractivity contribution in [2.75, 3.05) is 11.4 Å². The van der Waals surface area contributed by atoms with Crippen molar-refractivity contribution in [2.45, 2.75) is 42.8 Å². The molecule has 1 saturated carbocycles. The van der Waals surface area contributed by atoms with E-state index < -0.39 is 15.6 Å². The molecule has 190 valence electrons. The monoisotopic (exact) mass is 518 g/mol. The maximum atomic E-state index is 13.8. The van der Waals surface area contributed by atoms with Gasteiger partial charge in [-0.2, -0.15) is 10.2 Å². The molecule has 2 aliphatic heterocycles. The van der Waals surface area contributed by atoms with Crippen LogP contribution in [0.25, 0.3) is 0 Å². The molecule has 4 heterocycles. The summed E-state index contributed by atoms with van der Waals surface area (Å²) in [6.07, 6.45) is 8.64. The average Bonchev–Trinajstić information content (AvgIpc) is 3.21. The Morgan fingerprint density at radius 1 is 1.14 bits per heavy atom. The molecule has 1 atom stereocenters. The molecule has 2 aromatic heterocycles. The van der Waals surface area contributed by atoms with Crippen LogP contribution in [0.4, 0.5) is 5.69 Å². The fraction of sp³-hybridized carbons (Fsp3) is 0.360. The standard InChI is InChI=1S/C25H26N8O3S/c1-25(8-9-25)29-37(35,36)20-6-7-22-21(10-20)23(34)32(16-18-12-28-31(3)15-18)24-26-13-19(33(22)24)5-4-17-11-27-30(2)14-17/h6-7,10-12,14-15,19,29H,8-9,13,16H2,1-3H3/t19-/m0/s1. The Balaban J connectivity index is 1.41. The number of fused-ring (bicyclic) bond motifs is 3. The van der Waals surface area contributed by atoms with Crippen LogP contribution in [-0.2, 0) is 30.7 Å². The van der Waals surface area contributed by atoms with E-state index in [1.807, 2.05) is 38.3 Å². The molecule has 0 unspecified atom stereocenters. The number of guanidine groups is 1. The van der Waals surface area contributed by atoms with E-state index in [9.17, 15) is 13.2 Å². The first-order chi connectivity index (χ1) is 17.6. The average molecular weight is 519 g/mol. The molecule has 0 bridgehead atoms. The summed E-state index contributed by atoms with van der Waals surface area (Å²) in [5, 5.41) is 8.37. The minimum absolute atomic E-state index is 0.0617. The number of benzene rings is 1. The zero-order valence-electron chi connectivity index (χ0n) is 20.7. The number of carbonyl (C=O) groups is 1. The van der Waals surface area contributed by atoms with Crippen LogP contribution < -0.4 is 9.62 Å². The van der Waals surface area contributed by atoms with E-state index in [1.54, 1.807) is 38.8 Å². The summed E-state index contributed by atoms with van der Waals surface area (Å²) >= 11 is 0. The zero-order valence-corrected chi connectivity index (χ0v) is 21.5. The van der Waals surface area contributed by atoms with Crippen molar-refractivity contribution < 1.29 is 13.2 Å². The number of rotatable bonds is 5. The minimum atomic E-state index is -3.79. The van der Waals surface area contributed by atoms with Gasteiger partial charge in [-0.15, -0.1) is 0 Å². The number of nitrogens with zero attached hydrogens (tertiary/aromatic N) is 7. The van der Waals surface area contributed by atoms with E-state index in [0.29, 0.717) is 23.8 Å². The lowest BCUT2D eigenvalue weighted by Gasteiger charge is -2.37. The summed E-state index contributed by atoms with van der Waals surface area (Å²) in [7, 11) is -0.147. The second kappa shape index (κ2) is 8.29. The molecule has 0 saturated heterocycles. The molecule has 12 heteroatoms. The fourth-order valence-corrected chi connectivity index (χ4v) is 6.06. The summed E-state index contributed by atoms with van der Waals surface area (Å²) in [4.78, 5) is 22.0. The van der Waals surface area contributed by atoms with Gasteiger partial charge >= 0.3 is 0 Å². The number of hydrogen-bond acceptors (Lipinski definition) is 7. The van der Waals surface area contributed by atoms with E-state index in [1.165, 1.54) is 6.07 Å². The summed E-state index contributed by atoms with van der Waals surface area (Å²) in [6.45, 7) is 2.50. The van der Waals surface area contributed by atoms with Gasteiger partial charge < -0.3 is 0 Å². The van der Waals surface area contributed by atoms with E-state index in [2.05, 4.69) is 31.8 Å². The lowest BCUT2D eigenvalue weighted by atomic mass is 10.1. The second-order valence-electron chi connectivity index (χ2n) is 9.96. The Hall–Kier alpha value is -3.95. The fourth-order valence-electron chi connectivity index (χ4n) is 4.57. The molecule has 6 rings (SSSR count). The van der Waals surface area contributed by atoms with Crippen molar-refractivity contribution in [2.24, 2.45) is 19.1 Å². The molecule has 1 fully saturated rings. The highest BCUT2D eigenvalue weighted by Crippen LogP contribution is 2.38. The van der Waals surface area contributed by atoms with Gasteiger partial charge in [-0.05, 0) is 38.0 Å². The number of amides is 1. The lowest BCUT2D eigenvalue weighted by molar-refractivity contribution is 0.0833. The summed E-state index contributed by atoms with van der Waals surface area (Å²) in [5.74, 6) is 6.59. The highest BCUT2D eigenvalue weighted by molar-refractivity contribution is 7.89. The Kier molecular flexibility index (Phi) is 5.25. The van der Waals surface area contributed by atoms with Crippen LogP contribution in [0.2, 0.25) is 0 Å². The molecule has 0 radical (unpaired) electrons. The van der Waals surface area contributed by atoms with Gasteiger partial charge in [-0.3, -0.25) is 24.0 Å². The molecule has 3 aliphatic rings. The number of hydrogen-bond donors (Lipinski definition) is 1. The first kappa shape index (κ1) is 23.4. The quantitative estimate of drug-likeness (QED) is 0.508. The van der Waals surface area contributed by atoms with Gasteiger partial charge in [0.1, 0.15) is 6.04 Å². The molecule has 1 aliphatic carbocycles. The highest BCUT2D eigenvalue weighted by Gasteiger charge is 2.44. The van der Waals surface area contributed by atoms with Gasteiger partial charge in [-0.1, -0.05) is 11.8 Å². The maximum Gasteiger partial charge on any atom is 0.263 e. The molecule has 1 aromatic carbocycles. The van der Waals surface area contributed by atoms with Crippen LogP contribution in [0.1, 0.15) is 41.3 Å². The zero-order chi connectivity index (χ0) is 25.9. The number of aryl methyl sites for hydroxylation is 2. The van der Waals surface area contributed by atoms with Crippen LogP contribution in [0, 0.1) is 11.8 Å². The van der Waals surface area contributed by atoms with Crippen LogP contribution in [0.15, 0.2) is 52.9 Å². The predicted molar refractivity (Wildman–Crippen MR) is 136 cm³/mol. The summed E-state index contributed by atoms with van der Waals surface area (Å²) in [5.41, 5.74) is 2.07. The van der Waals surface area contributed by atoms with Crippen LogP contribution >= 0.6 is 0 Å². The number of carbonyl (C=O) groups excluding carboxylic acids is 1. The van der Waals surface area contributed by atoms with Gasteiger partial charge in [0.2, 0.25) is 16.0 Å². The highest BCUT2D eigenvalue weighted by atomic mass is 32.2. The van der Waals surface area contributed by atoms with Gasteiger partial charge in [0.05, 0.1) is 47.2 Å². The third-order valence-electron chi connectivity index (χ3n) is 6.76. The largest absolute Gasteiger partial charge is 0.295 e. The van der Waals surface area contributed by atoms with Crippen LogP contribution in [0.3, 0.4) is 0 Å². The first-order valence-corrected chi connectivity index (χ1v) is 13.4. The van der Waals surface area contributed by atoms with Gasteiger partial charge in [0.25, 0.3) is 5.91 Å². The van der Waals surface area contributed by atoms with E-state index in [4.69, 9.17) is 0 Å². The number of nitrogens with one attached hydrogen (secondary N) is 1. The molecule has 1 N–H and O–H groups in total. The van der Waals surface area contributed by atoms with Crippen molar-refractivity contribution in [1.29, 1.82) is 0 Å². The molecule has 11 nitrogen and oxygen atoms in total. The normalized spacial score (nSPS) is 19.7. The van der Waals surface area contributed by atoms with Crippen LogP contribution in [-0.4, -0.2) is 62.9 Å². The van der Waals surface area contributed by atoms with Crippen molar-refractivity contribution in [1.82, 2.24) is 29.2 Å². The van der Waals surface area contributed by atoms with Crippen LogP contribution in [0.5, 0.6) is 0 Å². The molecule has 1 amide bonds. The SMILES string of the molecule is Cn1cc(C#C[C@H]2CN=C3N(Cc4cnn(C)c4)C(=O)c4cc(S(=O)(=O)NC5(C)CC5)ccc4N32)cn1. The van der Waals surface area contributed by atoms with Crippen molar-refractivity contribution >= 4 is 27.6 Å². The Labute approximate surface area is 214 Å². The summed E-state index contributed by atoms with van der Waals surface area (Å²) in [6, 6.07) is 4.35. The van der Waals surface area contributed by atoms with Gasteiger partial charge in [-0.25, -0.2) is 18.1 Å². The number of aromatic nitrogens is 4. The molecular formula is C25H26N8O3S.